The highest BCUT2D eigenvalue weighted by Crippen LogP contribution is 2.51. The van der Waals surface area contributed by atoms with Crippen molar-refractivity contribution in [3.63, 3.8) is 0 Å². The highest BCUT2D eigenvalue weighted by atomic mass is 15.1. The molecule has 0 aromatic heterocycles. The molecule has 3 aliphatic carbocycles. The second kappa shape index (κ2) is 16.2. The fourth-order valence-electron chi connectivity index (χ4n) is 9.48. The van der Waals surface area contributed by atoms with Crippen molar-refractivity contribution in [2.75, 3.05) is 23.3 Å². The predicted octanol–water partition coefficient (Wildman–Crippen LogP) is 14.5. The fraction of sp³-hybridized carbons (Fsp3) is 0.123. The third-order valence-electron chi connectivity index (χ3n) is 12.4. The maximum atomic E-state index is 3.83. The van der Waals surface area contributed by atoms with Crippen LogP contribution in [0, 0.1) is 5.92 Å². The lowest BCUT2D eigenvalue weighted by molar-refractivity contribution is 0.646. The zero-order valence-corrected chi connectivity index (χ0v) is 33.6. The van der Waals surface area contributed by atoms with Gasteiger partial charge in [0.15, 0.2) is 0 Å². The second-order valence-corrected chi connectivity index (χ2v) is 15.9. The van der Waals surface area contributed by atoms with Crippen molar-refractivity contribution in [2.24, 2.45) is 5.92 Å². The van der Waals surface area contributed by atoms with Crippen LogP contribution in [0.4, 0.5) is 17.1 Å². The average molecular weight is 761 g/mol. The largest absolute Gasteiger partial charge is 0.380 e. The van der Waals surface area contributed by atoms with Crippen molar-refractivity contribution in [1.82, 2.24) is 0 Å². The minimum absolute atomic E-state index is 0.153. The van der Waals surface area contributed by atoms with Gasteiger partial charge in [-0.2, -0.15) is 0 Å². The quantitative estimate of drug-likeness (QED) is 0.158. The molecule has 0 spiro atoms. The van der Waals surface area contributed by atoms with Crippen LogP contribution in [0.5, 0.6) is 0 Å². The first kappa shape index (κ1) is 36.4. The third kappa shape index (κ3) is 7.17. The maximum Gasteiger partial charge on any atom is 0.0646 e. The zero-order chi connectivity index (χ0) is 39.5. The van der Waals surface area contributed by atoms with Crippen LogP contribution in [-0.4, -0.2) is 13.1 Å². The Morgan fingerprint density at radius 3 is 2.15 bits per heavy atom. The molecule has 1 N–H and O–H groups in total. The SMILES string of the molecule is CCN(c1ccccc1)c1ccccc1NC/C1=C/C=C(C2=CC3C(=C(c4ccc5ccccc5c4)c4ccccc4C3c3ccc4ccccc4c3)C=C2)\C=C/CC1. The molecule has 0 saturated carbocycles. The second-order valence-electron chi connectivity index (χ2n) is 15.9. The number of fused-ring (bicyclic) bond motifs is 4. The molecule has 2 heteroatoms. The summed E-state index contributed by atoms with van der Waals surface area (Å²) in [5.41, 5.74) is 15.5. The van der Waals surface area contributed by atoms with Gasteiger partial charge in [0.25, 0.3) is 0 Å². The van der Waals surface area contributed by atoms with Gasteiger partial charge in [0, 0.05) is 30.6 Å². The van der Waals surface area contributed by atoms with Gasteiger partial charge in [0.1, 0.15) is 0 Å². The van der Waals surface area contributed by atoms with Crippen LogP contribution in [0.2, 0.25) is 0 Å². The summed E-state index contributed by atoms with van der Waals surface area (Å²) >= 11 is 0. The molecule has 59 heavy (non-hydrogen) atoms. The summed E-state index contributed by atoms with van der Waals surface area (Å²) < 4.78 is 0. The molecule has 0 amide bonds. The number of para-hydroxylation sites is 3. The Morgan fingerprint density at radius 2 is 1.32 bits per heavy atom. The van der Waals surface area contributed by atoms with E-state index in [9.17, 15) is 0 Å². The van der Waals surface area contributed by atoms with Gasteiger partial charge in [-0.3, -0.25) is 0 Å². The van der Waals surface area contributed by atoms with Crippen LogP contribution in [0.15, 0.2) is 229 Å². The van der Waals surface area contributed by atoms with E-state index in [2.05, 4.69) is 223 Å². The Kier molecular flexibility index (Phi) is 9.98. The van der Waals surface area contributed by atoms with Crippen molar-refractivity contribution in [1.29, 1.82) is 0 Å². The minimum atomic E-state index is 0.153. The van der Waals surface area contributed by atoms with Gasteiger partial charge in [0.05, 0.1) is 11.4 Å². The minimum Gasteiger partial charge on any atom is -0.380 e. The summed E-state index contributed by atoms with van der Waals surface area (Å²) in [7, 11) is 0. The topological polar surface area (TPSA) is 15.3 Å². The van der Waals surface area contributed by atoms with E-state index >= 15 is 0 Å². The van der Waals surface area contributed by atoms with Crippen LogP contribution in [0.25, 0.3) is 27.1 Å². The van der Waals surface area contributed by atoms with Crippen LogP contribution >= 0.6 is 0 Å². The van der Waals surface area contributed by atoms with E-state index in [1.54, 1.807) is 0 Å². The summed E-state index contributed by atoms with van der Waals surface area (Å²) in [6, 6.07) is 60.0. The molecule has 2 nitrogen and oxygen atoms in total. The number of anilines is 3. The van der Waals surface area contributed by atoms with Crippen molar-refractivity contribution < 1.29 is 0 Å². The molecule has 0 bridgehead atoms. The molecule has 0 saturated heterocycles. The normalized spacial score (nSPS) is 19.6. The fourth-order valence-corrected chi connectivity index (χ4v) is 9.48. The van der Waals surface area contributed by atoms with Crippen molar-refractivity contribution in [3.8, 4) is 0 Å². The first-order valence-corrected chi connectivity index (χ1v) is 21.2. The summed E-state index contributed by atoms with van der Waals surface area (Å²) in [6.45, 7) is 3.90. The molecule has 0 fully saturated rings. The van der Waals surface area contributed by atoms with E-state index in [0.717, 1.165) is 31.6 Å². The number of rotatable bonds is 9. The summed E-state index contributed by atoms with van der Waals surface area (Å²) in [6.07, 6.45) is 18.8. The third-order valence-corrected chi connectivity index (χ3v) is 12.4. The predicted molar refractivity (Wildman–Crippen MR) is 252 cm³/mol. The first-order valence-electron chi connectivity index (χ1n) is 21.2. The van der Waals surface area contributed by atoms with Gasteiger partial charge >= 0.3 is 0 Å². The Labute approximate surface area is 348 Å². The lowest BCUT2D eigenvalue weighted by Crippen LogP contribution is -2.23. The molecular weight excluding hydrogens is 713 g/mol. The molecule has 10 rings (SSSR count). The van der Waals surface area contributed by atoms with Crippen LogP contribution in [-0.2, 0) is 0 Å². The Morgan fingerprint density at radius 1 is 0.610 bits per heavy atom. The number of nitrogens with zero attached hydrogens (tertiary/aromatic N) is 1. The van der Waals surface area contributed by atoms with Crippen LogP contribution in [0.1, 0.15) is 47.9 Å². The Balaban J connectivity index is 1.03. The molecule has 2 unspecified atom stereocenters. The van der Waals surface area contributed by atoms with E-state index in [1.807, 2.05) is 0 Å². The molecule has 7 aromatic rings. The van der Waals surface area contributed by atoms with Gasteiger partial charge in [-0.15, -0.1) is 0 Å². The molecular formula is C57H48N2. The lowest BCUT2D eigenvalue weighted by atomic mass is 9.65. The van der Waals surface area contributed by atoms with Crippen LogP contribution < -0.4 is 10.2 Å². The van der Waals surface area contributed by atoms with Gasteiger partial charge in [0.2, 0.25) is 0 Å². The first-order chi connectivity index (χ1) is 29.2. The van der Waals surface area contributed by atoms with Gasteiger partial charge < -0.3 is 10.2 Å². The number of allylic oxidation sites excluding steroid dienone is 10. The van der Waals surface area contributed by atoms with Gasteiger partial charge in [-0.1, -0.05) is 182 Å². The van der Waals surface area contributed by atoms with Crippen LogP contribution in [0.3, 0.4) is 0 Å². The number of benzene rings is 7. The smallest absolute Gasteiger partial charge is 0.0646 e. The van der Waals surface area contributed by atoms with E-state index in [4.69, 9.17) is 0 Å². The molecule has 0 heterocycles. The monoisotopic (exact) mass is 760 g/mol. The van der Waals surface area contributed by atoms with E-state index < -0.39 is 0 Å². The van der Waals surface area contributed by atoms with E-state index in [0.29, 0.717) is 0 Å². The Hall–Kier alpha value is -6.90. The standard InChI is InChI=1S/C57H48N2/c1-2-59(49-22-4-3-5-23-49)55-27-15-14-26-54(55)58-39-40-16-6-7-17-41(29-28-40)46-34-35-52-53(38-46)57(48-33-31-43-19-9-11-21-45(43)37-48)51-25-13-12-24-50(51)56(52)47-32-30-42-18-8-10-20-44(42)36-47/h3-5,7-15,17-38,53,57-58H,2,6,16,39H2,1H3/b17-7-,40-28+,41-29+. The van der Waals surface area contributed by atoms with Crippen molar-refractivity contribution in [2.45, 2.75) is 25.7 Å². The summed E-state index contributed by atoms with van der Waals surface area (Å²) in [4.78, 5) is 2.38. The van der Waals surface area contributed by atoms with E-state index in [1.165, 1.54) is 83.0 Å². The number of nitrogens with one attached hydrogen (secondary N) is 1. The molecule has 2 atom stereocenters. The number of hydrogen-bond donors (Lipinski definition) is 1. The molecule has 7 aromatic carbocycles. The maximum absolute atomic E-state index is 3.83. The number of hydrogen-bond acceptors (Lipinski definition) is 2. The highest BCUT2D eigenvalue weighted by molar-refractivity contribution is 5.94. The Bertz CT molecular complexity index is 2880. The molecule has 286 valence electrons. The average Bonchev–Trinajstić information content (AvgIpc) is 3.28. The molecule has 0 aliphatic heterocycles. The highest BCUT2D eigenvalue weighted by Gasteiger charge is 2.36. The van der Waals surface area contributed by atoms with E-state index in [-0.39, 0.29) is 11.8 Å². The van der Waals surface area contributed by atoms with Crippen molar-refractivity contribution in [3.05, 3.63) is 251 Å². The zero-order valence-electron chi connectivity index (χ0n) is 33.6. The summed E-state index contributed by atoms with van der Waals surface area (Å²) in [5.74, 6) is 0.321. The van der Waals surface area contributed by atoms with Gasteiger partial charge in [-0.05, 0) is 116 Å². The van der Waals surface area contributed by atoms with Gasteiger partial charge in [-0.25, -0.2) is 0 Å². The summed E-state index contributed by atoms with van der Waals surface area (Å²) in [5, 5.41) is 8.92. The van der Waals surface area contributed by atoms with Crippen molar-refractivity contribution >= 4 is 44.2 Å². The lowest BCUT2D eigenvalue weighted by Gasteiger charge is -2.38. The molecule has 3 aliphatic rings. The molecule has 0 radical (unpaired) electrons.